The summed E-state index contributed by atoms with van der Waals surface area (Å²) >= 11 is 0. The lowest BCUT2D eigenvalue weighted by Gasteiger charge is -2.27. The number of likely N-dealkylation sites (N-methyl/N-ethyl adjacent to an activating group) is 1. The van der Waals surface area contributed by atoms with Crippen LogP contribution in [0.15, 0.2) is 18.2 Å². The van der Waals surface area contributed by atoms with Gasteiger partial charge in [0, 0.05) is 11.6 Å². The lowest BCUT2D eigenvalue weighted by Crippen LogP contribution is -2.32. The maximum Gasteiger partial charge on any atom is 0.317 e. The maximum absolute atomic E-state index is 10.9. The monoisotopic (exact) mass is 267 g/mol. The van der Waals surface area contributed by atoms with E-state index in [1.165, 1.54) is 0 Å². The molecule has 0 radical (unpaired) electrons. The van der Waals surface area contributed by atoms with Crippen molar-refractivity contribution < 1.29 is 19.4 Å². The summed E-state index contributed by atoms with van der Waals surface area (Å²) < 4.78 is 10.5. The molecule has 0 aromatic heterocycles. The van der Waals surface area contributed by atoms with E-state index in [-0.39, 0.29) is 12.6 Å². The molecule has 1 rings (SSSR count). The first-order valence-electron chi connectivity index (χ1n) is 6.21. The van der Waals surface area contributed by atoms with Crippen LogP contribution in [0.2, 0.25) is 0 Å². The molecule has 0 aliphatic heterocycles. The SMILES string of the molecule is CCN(CC(=O)O)C(C)c1cc(OC)ccc1OC. The van der Waals surface area contributed by atoms with Gasteiger partial charge in [-0.05, 0) is 31.7 Å². The molecule has 0 amide bonds. The highest BCUT2D eigenvalue weighted by atomic mass is 16.5. The van der Waals surface area contributed by atoms with Gasteiger partial charge < -0.3 is 14.6 Å². The number of carboxylic acid groups (broad SMARTS) is 1. The molecule has 0 saturated carbocycles. The predicted octanol–water partition coefficient (Wildman–Crippen LogP) is 2.17. The minimum Gasteiger partial charge on any atom is -0.497 e. The minimum absolute atomic E-state index is 0.00195. The van der Waals surface area contributed by atoms with Crippen molar-refractivity contribution in [2.24, 2.45) is 0 Å². The average Bonchev–Trinajstić information content (AvgIpc) is 2.42. The van der Waals surface area contributed by atoms with Gasteiger partial charge in [-0.2, -0.15) is 0 Å². The highest BCUT2D eigenvalue weighted by Gasteiger charge is 2.20. The molecular weight excluding hydrogens is 246 g/mol. The van der Waals surface area contributed by atoms with Crippen LogP contribution in [0.25, 0.3) is 0 Å². The summed E-state index contributed by atoms with van der Waals surface area (Å²) in [6, 6.07) is 5.47. The third kappa shape index (κ3) is 3.86. The smallest absolute Gasteiger partial charge is 0.317 e. The summed E-state index contributed by atoms with van der Waals surface area (Å²) in [7, 11) is 3.20. The molecule has 1 unspecified atom stereocenters. The predicted molar refractivity (Wildman–Crippen MR) is 72.8 cm³/mol. The fraction of sp³-hybridized carbons (Fsp3) is 0.500. The number of nitrogens with zero attached hydrogens (tertiary/aromatic N) is 1. The number of carboxylic acids is 1. The van der Waals surface area contributed by atoms with Crippen molar-refractivity contribution in [1.82, 2.24) is 4.90 Å². The second kappa shape index (κ2) is 6.99. The first-order chi connectivity index (χ1) is 9.03. The molecule has 5 heteroatoms. The maximum atomic E-state index is 10.9. The van der Waals surface area contributed by atoms with E-state index in [4.69, 9.17) is 14.6 Å². The van der Waals surface area contributed by atoms with Crippen LogP contribution >= 0.6 is 0 Å². The van der Waals surface area contributed by atoms with Gasteiger partial charge >= 0.3 is 5.97 Å². The standard InChI is InChI=1S/C14H21NO4/c1-5-15(9-14(16)17)10(2)12-8-11(18-3)6-7-13(12)19-4/h6-8,10H,5,9H2,1-4H3,(H,16,17). The summed E-state index contributed by atoms with van der Waals surface area (Å²) in [6.45, 7) is 4.54. The van der Waals surface area contributed by atoms with Crippen molar-refractivity contribution in [3.63, 3.8) is 0 Å². The van der Waals surface area contributed by atoms with E-state index in [0.29, 0.717) is 6.54 Å². The molecule has 0 heterocycles. The van der Waals surface area contributed by atoms with Gasteiger partial charge in [0.25, 0.3) is 0 Å². The second-order valence-electron chi connectivity index (χ2n) is 4.24. The van der Waals surface area contributed by atoms with Crippen molar-refractivity contribution >= 4 is 5.97 Å². The number of hydrogen-bond acceptors (Lipinski definition) is 4. The van der Waals surface area contributed by atoms with E-state index >= 15 is 0 Å². The Morgan fingerprint density at radius 2 is 2.05 bits per heavy atom. The summed E-state index contributed by atoms with van der Waals surface area (Å²) in [6.07, 6.45) is 0. The van der Waals surface area contributed by atoms with Gasteiger partial charge in [-0.3, -0.25) is 9.69 Å². The largest absolute Gasteiger partial charge is 0.497 e. The highest BCUT2D eigenvalue weighted by Crippen LogP contribution is 2.32. The molecule has 1 aromatic carbocycles. The summed E-state index contributed by atoms with van der Waals surface area (Å²) in [5, 5.41) is 8.94. The van der Waals surface area contributed by atoms with Crippen molar-refractivity contribution in [3.8, 4) is 11.5 Å². The molecule has 0 aliphatic rings. The number of methoxy groups -OCH3 is 2. The van der Waals surface area contributed by atoms with E-state index in [9.17, 15) is 4.79 Å². The first kappa shape index (κ1) is 15.3. The zero-order valence-electron chi connectivity index (χ0n) is 11.8. The van der Waals surface area contributed by atoms with E-state index in [1.807, 2.05) is 36.9 Å². The van der Waals surface area contributed by atoms with Crippen molar-refractivity contribution in [1.29, 1.82) is 0 Å². The lowest BCUT2D eigenvalue weighted by molar-refractivity contribution is -0.138. The van der Waals surface area contributed by atoms with Crippen LogP contribution in [-0.2, 0) is 4.79 Å². The third-order valence-electron chi connectivity index (χ3n) is 3.18. The molecule has 1 atom stereocenters. The molecular formula is C14H21NO4. The Hall–Kier alpha value is -1.75. The van der Waals surface area contributed by atoms with Crippen LogP contribution in [0.5, 0.6) is 11.5 Å². The zero-order chi connectivity index (χ0) is 14.4. The van der Waals surface area contributed by atoms with Gasteiger partial charge in [0.2, 0.25) is 0 Å². The molecule has 106 valence electrons. The molecule has 0 saturated heterocycles. The molecule has 0 spiro atoms. The Bertz CT molecular complexity index is 433. The van der Waals surface area contributed by atoms with Gasteiger partial charge in [0.05, 0.1) is 20.8 Å². The molecule has 0 fully saturated rings. The number of ether oxygens (including phenoxy) is 2. The number of rotatable bonds is 7. The number of aliphatic carboxylic acids is 1. The number of carbonyl (C=O) groups is 1. The Balaban J connectivity index is 3.07. The molecule has 1 N–H and O–H groups in total. The van der Waals surface area contributed by atoms with Crippen LogP contribution in [0, 0.1) is 0 Å². The van der Waals surface area contributed by atoms with E-state index in [2.05, 4.69) is 0 Å². The van der Waals surface area contributed by atoms with Gasteiger partial charge in [0.1, 0.15) is 11.5 Å². The van der Waals surface area contributed by atoms with Crippen LogP contribution in [0.3, 0.4) is 0 Å². The fourth-order valence-corrected chi connectivity index (χ4v) is 2.06. The first-order valence-corrected chi connectivity index (χ1v) is 6.21. The number of hydrogen-bond donors (Lipinski definition) is 1. The minimum atomic E-state index is -0.837. The van der Waals surface area contributed by atoms with E-state index < -0.39 is 5.97 Å². The average molecular weight is 267 g/mol. The zero-order valence-corrected chi connectivity index (χ0v) is 11.8. The van der Waals surface area contributed by atoms with Crippen molar-refractivity contribution in [2.45, 2.75) is 19.9 Å². The molecule has 19 heavy (non-hydrogen) atoms. The quantitative estimate of drug-likeness (QED) is 0.820. The van der Waals surface area contributed by atoms with Gasteiger partial charge in [-0.25, -0.2) is 0 Å². The van der Waals surface area contributed by atoms with Crippen LogP contribution < -0.4 is 9.47 Å². The molecule has 0 aliphatic carbocycles. The third-order valence-corrected chi connectivity index (χ3v) is 3.18. The van der Waals surface area contributed by atoms with Crippen molar-refractivity contribution in [3.05, 3.63) is 23.8 Å². The van der Waals surface area contributed by atoms with Gasteiger partial charge in [-0.1, -0.05) is 6.92 Å². The van der Waals surface area contributed by atoms with E-state index in [1.54, 1.807) is 14.2 Å². The Morgan fingerprint density at radius 3 is 2.53 bits per heavy atom. The molecule has 5 nitrogen and oxygen atoms in total. The molecule has 1 aromatic rings. The Kier molecular flexibility index (Phi) is 5.63. The summed E-state index contributed by atoms with van der Waals surface area (Å²) in [5.41, 5.74) is 0.921. The normalized spacial score (nSPS) is 12.3. The van der Waals surface area contributed by atoms with Crippen LogP contribution in [-0.4, -0.2) is 43.3 Å². The second-order valence-corrected chi connectivity index (χ2v) is 4.24. The Morgan fingerprint density at radius 1 is 1.37 bits per heavy atom. The highest BCUT2D eigenvalue weighted by molar-refractivity contribution is 5.69. The van der Waals surface area contributed by atoms with E-state index in [0.717, 1.165) is 17.1 Å². The summed E-state index contributed by atoms with van der Waals surface area (Å²) in [4.78, 5) is 12.7. The van der Waals surface area contributed by atoms with Crippen LogP contribution in [0.4, 0.5) is 0 Å². The Labute approximate surface area is 113 Å². The van der Waals surface area contributed by atoms with Crippen molar-refractivity contribution in [2.75, 3.05) is 27.3 Å². The lowest BCUT2D eigenvalue weighted by atomic mass is 10.0. The number of benzene rings is 1. The molecule has 0 bridgehead atoms. The van der Waals surface area contributed by atoms with Gasteiger partial charge in [-0.15, -0.1) is 0 Å². The van der Waals surface area contributed by atoms with Crippen LogP contribution in [0.1, 0.15) is 25.5 Å². The fourth-order valence-electron chi connectivity index (χ4n) is 2.06. The topological polar surface area (TPSA) is 59.0 Å². The van der Waals surface area contributed by atoms with Gasteiger partial charge in [0.15, 0.2) is 0 Å². The summed E-state index contributed by atoms with van der Waals surface area (Å²) in [5.74, 6) is 0.627.